The molecule has 0 spiro atoms. The summed E-state index contributed by atoms with van der Waals surface area (Å²) in [4.78, 5) is 17.2. The first-order valence-electron chi connectivity index (χ1n) is 9.71. The van der Waals surface area contributed by atoms with Crippen molar-refractivity contribution in [2.75, 3.05) is 5.32 Å². The van der Waals surface area contributed by atoms with Crippen LogP contribution in [0, 0.1) is 18.6 Å². The monoisotopic (exact) mass is 432 g/mol. The molecule has 0 unspecified atom stereocenters. The highest BCUT2D eigenvalue weighted by atomic mass is 19.2. The van der Waals surface area contributed by atoms with Crippen LogP contribution in [0.5, 0.6) is 5.75 Å². The number of nitrogens with one attached hydrogen (secondary N) is 1. The maximum absolute atomic E-state index is 13.5. The first-order chi connectivity index (χ1) is 15.5. The summed E-state index contributed by atoms with van der Waals surface area (Å²) in [5.74, 6) is -2.01. The molecule has 0 fully saturated rings. The van der Waals surface area contributed by atoms with E-state index < -0.39 is 17.5 Å². The lowest BCUT2D eigenvalue weighted by molar-refractivity contribution is 0.102. The highest BCUT2D eigenvalue weighted by Crippen LogP contribution is 2.28. The van der Waals surface area contributed by atoms with Crippen molar-refractivity contribution in [2.24, 2.45) is 0 Å². The average Bonchev–Trinajstić information content (AvgIpc) is 2.80. The molecule has 2 heterocycles. The van der Waals surface area contributed by atoms with Gasteiger partial charge in [0.15, 0.2) is 11.6 Å². The number of halogens is 2. The second-order valence-electron chi connectivity index (χ2n) is 7.02. The first-order valence-corrected chi connectivity index (χ1v) is 9.71. The van der Waals surface area contributed by atoms with Gasteiger partial charge in [0, 0.05) is 11.9 Å². The third-order valence-electron chi connectivity index (χ3n) is 4.67. The SMILES string of the molecule is Cc1cc(-c2ccc(OCc3ccc(F)c(F)c3)c(C(=O)Nc3ccnnc3)c2)ccn1. The van der Waals surface area contributed by atoms with Crippen molar-refractivity contribution >= 4 is 11.6 Å². The van der Waals surface area contributed by atoms with Crippen molar-refractivity contribution < 1.29 is 18.3 Å². The van der Waals surface area contributed by atoms with Crippen LogP contribution in [-0.2, 0) is 6.61 Å². The van der Waals surface area contributed by atoms with Crippen LogP contribution in [0.3, 0.4) is 0 Å². The molecule has 2 aromatic heterocycles. The van der Waals surface area contributed by atoms with E-state index in [4.69, 9.17) is 4.74 Å². The summed E-state index contributed by atoms with van der Waals surface area (Å²) in [5, 5.41) is 10.2. The molecule has 1 amide bonds. The van der Waals surface area contributed by atoms with E-state index in [0.29, 0.717) is 17.0 Å². The van der Waals surface area contributed by atoms with Gasteiger partial charge in [-0.1, -0.05) is 12.1 Å². The fraction of sp³-hybridized carbons (Fsp3) is 0.0833. The number of hydrogen-bond acceptors (Lipinski definition) is 5. The number of aromatic nitrogens is 3. The Balaban J connectivity index is 1.66. The van der Waals surface area contributed by atoms with E-state index in [2.05, 4.69) is 20.5 Å². The van der Waals surface area contributed by atoms with Gasteiger partial charge in [0.25, 0.3) is 5.91 Å². The number of aryl methyl sites for hydroxylation is 1. The Morgan fingerprint density at radius 3 is 2.53 bits per heavy atom. The predicted molar refractivity (Wildman–Crippen MR) is 115 cm³/mol. The van der Waals surface area contributed by atoms with Gasteiger partial charge in [0.2, 0.25) is 0 Å². The lowest BCUT2D eigenvalue weighted by atomic mass is 10.0. The molecule has 0 bridgehead atoms. The van der Waals surface area contributed by atoms with E-state index in [0.717, 1.165) is 29.0 Å². The molecule has 8 heteroatoms. The molecular formula is C24H18F2N4O2. The zero-order valence-corrected chi connectivity index (χ0v) is 17.0. The van der Waals surface area contributed by atoms with Crippen LogP contribution in [0.25, 0.3) is 11.1 Å². The van der Waals surface area contributed by atoms with Gasteiger partial charge in [-0.15, -0.1) is 0 Å². The van der Waals surface area contributed by atoms with Gasteiger partial charge in [0.1, 0.15) is 12.4 Å². The molecule has 0 aliphatic heterocycles. The summed E-state index contributed by atoms with van der Waals surface area (Å²) < 4.78 is 32.5. The van der Waals surface area contributed by atoms with Crippen molar-refractivity contribution in [3.8, 4) is 16.9 Å². The highest BCUT2D eigenvalue weighted by Gasteiger charge is 2.16. The summed E-state index contributed by atoms with van der Waals surface area (Å²) in [6.45, 7) is 1.84. The van der Waals surface area contributed by atoms with Gasteiger partial charge in [-0.25, -0.2) is 8.78 Å². The highest BCUT2D eigenvalue weighted by molar-refractivity contribution is 6.06. The molecule has 0 aliphatic carbocycles. The second kappa shape index (κ2) is 9.30. The fourth-order valence-electron chi connectivity index (χ4n) is 3.09. The van der Waals surface area contributed by atoms with Crippen LogP contribution in [0.15, 0.2) is 73.2 Å². The van der Waals surface area contributed by atoms with Gasteiger partial charge in [0.05, 0.1) is 23.6 Å². The zero-order chi connectivity index (χ0) is 22.5. The lowest BCUT2D eigenvalue weighted by Crippen LogP contribution is -2.14. The van der Waals surface area contributed by atoms with Gasteiger partial charge >= 0.3 is 0 Å². The minimum absolute atomic E-state index is 0.0397. The number of benzene rings is 2. The zero-order valence-electron chi connectivity index (χ0n) is 17.0. The van der Waals surface area contributed by atoms with Crippen LogP contribution in [-0.4, -0.2) is 21.1 Å². The van der Waals surface area contributed by atoms with Crippen LogP contribution in [0.1, 0.15) is 21.6 Å². The van der Waals surface area contributed by atoms with Crippen molar-refractivity contribution in [3.63, 3.8) is 0 Å². The summed E-state index contributed by atoms with van der Waals surface area (Å²) in [6.07, 6.45) is 4.59. The average molecular weight is 432 g/mol. The Kier molecular flexibility index (Phi) is 6.12. The van der Waals surface area contributed by atoms with Crippen molar-refractivity contribution in [2.45, 2.75) is 13.5 Å². The second-order valence-corrected chi connectivity index (χ2v) is 7.02. The third-order valence-corrected chi connectivity index (χ3v) is 4.67. The van der Waals surface area contributed by atoms with Crippen molar-refractivity contribution in [3.05, 3.63) is 102 Å². The number of carbonyl (C=O) groups is 1. The molecule has 4 aromatic rings. The largest absolute Gasteiger partial charge is 0.488 e. The van der Waals surface area contributed by atoms with Crippen LogP contribution >= 0.6 is 0 Å². The number of ether oxygens (including phenoxy) is 1. The first kappa shape index (κ1) is 21.0. The molecule has 160 valence electrons. The molecule has 0 radical (unpaired) electrons. The van der Waals surface area contributed by atoms with E-state index in [1.54, 1.807) is 24.4 Å². The number of nitrogens with zero attached hydrogens (tertiary/aromatic N) is 3. The number of hydrogen-bond donors (Lipinski definition) is 1. The van der Waals surface area contributed by atoms with Crippen molar-refractivity contribution in [1.29, 1.82) is 0 Å². The standard InChI is InChI=1S/C24H18F2N4O2/c1-15-10-18(6-8-27-15)17-3-5-23(32-14-16-2-4-21(25)22(26)11-16)20(12-17)24(31)30-19-7-9-28-29-13-19/h2-13H,14H2,1H3,(H,28,30,31). The van der Waals surface area contributed by atoms with E-state index in [9.17, 15) is 13.6 Å². The number of rotatable bonds is 6. The molecule has 32 heavy (non-hydrogen) atoms. The number of anilines is 1. The Morgan fingerprint density at radius 1 is 0.938 bits per heavy atom. The molecule has 4 rings (SSSR count). The third kappa shape index (κ3) is 4.92. The maximum atomic E-state index is 13.5. The van der Waals surface area contributed by atoms with Crippen LogP contribution in [0.2, 0.25) is 0 Å². The lowest BCUT2D eigenvalue weighted by Gasteiger charge is -2.14. The summed E-state index contributed by atoms with van der Waals surface area (Å²) in [6, 6.07) is 14.1. The summed E-state index contributed by atoms with van der Waals surface area (Å²) in [5.41, 5.74) is 3.72. The van der Waals surface area contributed by atoms with E-state index >= 15 is 0 Å². The molecule has 0 aliphatic rings. The smallest absolute Gasteiger partial charge is 0.259 e. The normalized spacial score (nSPS) is 10.6. The molecule has 2 aromatic carbocycles. The van der Waals surface area contributed by atoms with E-state index in [1.807, 2.05) is 25.1 Å². The van der Waals surface area contributed by atoms with E-state index in [1.165, 1.54) is 18.5 Å². The summed E-state index contributed by atoms with van der Waals surface area (Å²) in [7, 11) is 0. The minimum atomic E-state index is -0.961. The Hall–Kier alpha value is -4.20. The predicted octanol–water partition coefficient (Wildman–Crippen LogP) is 4.96. The van der Waals surface area contributed by atoms with Crippen molar-refractivity contribution in [1.82, 2.24) is 15.2 Å². The Morgan fingerprint density at radius 2 is 1.78 bits per heavy atom. The number of amides is 1. The van der Waals surface area contributed by atoms with Crippen LogP contribution in [0.4, 0.5) is 14.5 Å². The van der Waals surface area contributed by atoms with Gasteiger partial charge in [-0.3, -0.25) is 9.78 Å². The Labute approximate surface area is 182 Å². The number of carbonyl (C=O) groups excluding carboxylic acids is 1. The molecular weight excluding hydrogens is 414 g/mol. The van der Waals surface area contributed by atoms with Gasteiger partial charge in [-0.05, 0) is 66.1 Å². The topological polar surface area (TPSA) is 77.0 Å². The Bertz CT molecular complexity index is 1270. The molecule has 0 atom stereocenters. The summed E-state index contributed by atoms with van der Waals surface area (Å²) >= 11 is 0. The minimum Gasteiger partial charge on any atom is -0.488 e. The molecule has 0 saturated heterocycles. The quantitative estimate of drug-likeness (QED) is 0.466. The number of pyridine rings is 1. The molecule has 0 saturated carbocycles. The van der Waals surface area contributed by atoms with Crippen LogP contribution < -0.4 is 10.1 Å². The maximum Gasteiger partial charge on any atom is 0.259 e. The molecule has 6 nitrogen and oxygen atoms in total. The van der Waals surface area contributed by atoms with Gasteiger partial charge < -0.3 is 10.1 Å². The fourth-order valence-corrected chi connectivity index (χ4v) is 3.09. The van der Waals surface area contributed by atoms with E-state index in [-0.39, 0.29) is 12.2 Å². The molecule has 1 N–H and O–H groups in total. The van der Waals surface area contributed by atoms with Gasteiger partial charge in [-0.2, -0.15) is 10.2 Å².